The number of ether oxygens (including phenoxy) is 1. The second-order valence-electron chi connectivity index (χ2n) is 7.05. The number of imidazole rings is 1. The zero-order chi connectivity index (χ0) is 20.4. The minimum Gasteiger partial charge on any atom is -0.382 e. The van der Waals surface area contributed by atoms with Crippen LogP contribution in [0.3, 0.4) is 0 Å². The minimum absolute atomic E-state index is 0.0176. The number of nitrogens with one attached hydrogen (secondary N) is 2. The molecule has 0 fully saturated rings. The van der Waals surface area contributed by atoms with E-state index in [1.54, 1.807) is 0 Å². The van der Waals surface area contributed by atoms with E-state index in [0.29, 0.717) is 32.7 Å². The summed E-state index contributed by atoms with van der Waals surface area (Å²) >= 11 is 0. The van der Waals surface area contributed by atoms with E-state index < -0.39 is 0 Å². The van der Waals surface area contributed by atoms with E-state index in [2.05, 4.69) is 15.6 Å². The van der Waals surface area contributed by atoms with E-state index in [0.717, 1.165) is 29.7 Å². The molecule has 0 aliphatic heterocycles. The summed E-state index contributed by atoms with van der Waals surface area (Å²) in [7, 11) is 0. The van der Waals surface area contributed by atoms with Crippen molar-refractivity contribution in [3.63, 3.8) is 0 Å². The number of nitrogens with zero attached hydrogens (tertiary/aromatic N) is 2. The van der Waals surface area contributed by atoms with E-state index in [1.165, 1.54) is 0 Å². The molecule has 7 nitrogen and oxygen atoms in total. The van der Waals surface area contributed by atoms with Gasteiger partial charge in [0.15, 0.2) is 0 Å². The molecule has 0 aliphatic rings. The third kappa shape index (κ3) is 6.64. The summed E-state index contributed by atoms with van der Waals surface area (Å²) in [4.78, 5) is 28.7. The summed E-state index contributed by atoms with van der Waals surface area (Å²) in [6.07, 6.45) is 2.27. The van der Waals surface area contributed by atoms with Crippen LogP contribution in [0.1, 0.15) is 39.4 Å². The van der Waals surface area contributed by atoms with Crippen LogP contribution in [-0.4, -0.2) is 47.7 Å². The zero-order valence-corrected chi connectivity index (χ0v) is 17.2. The molecule has 0 saturated heterocycles. The number of hydrogen-bond acceptors (Lipinski definition) is 4. The highest BCUT2D eigenvalue weighted by Crippen LogP contribution is 2.17. The van der Waals surface area contributed by atoms with Gasteiger partial charge in [0.2, 0.25) is 11.8 Å². The van der Waals surface area contributed by atoms with E-state index in [9.17, 15) is 9.59 Å². The van der Waals surface area contributed by atoms with Crippen LogP contribution in [-0.2, 0) is 27.3 Å². The lowest BCUT2D eigenvalue weighted by atomic mass is 10.2. The molecule has 1 heterocycles. The Kier molecular flexibility index (Phi) is 8.94. The Balaban J connectivity index is 1.95. The molecule has 7 heteroatoms. The first-order valence-corrected chi connectivity index (χ1v) is 10.1. The first-order valence-electron chi connectivity index (χ1n) is 10.1. The van der Waals surface area contributed by atoms with E-state index in [4.69, 9.17) is 4.74 Å². The third-order valence-corrected chi connectivity index (χ3v) is 4.43. The largest absolute Gasteiger partial charge is 0.382 e. The predicted octanol–water partition coefficient (Wildman–Crippen LogP) is 2.28. The van der Waals surface area contributed by atoms with Gasteiger partial charge in [0, 0.05) is 38.6 Å². The van der Waals surface area contributed by atoms with Crippen molar-refractivity contribution in [1.29, 1.82) is 0 Å². The quantitative estimate of drug-likeness (QED) is 0.546. The Bertz CT molecular complexity index is 770. The van der Waals surface area contributed by atoms with Gasteiger partial charge in [-0.2, -0.15) is 0 Å². The first-order chi connectivity index (χ1) is 13.5. The number of aryl methyl sites for hydroxylation is 1. The topological polar surface area (TPSA) is 85.2 Å². The number of aromatic nitrogens is 2. The number of rotatable bonds is 12. The van der Waals surface area contributed by atoms with Crippen LogP contribution in [0, 0.1) is 5.92 Å². The SMILES string of the molecule is CCOCCCNC(=O)Cn1c(CCCNC(=O)C(C)C)nc2ccccc21. The van der Waals surface area contributed by atoms with Gasteiger partial charge < -0.3 is 19.9 Å². The van der Waals surface area contributed by atoms with Crippen molar-refractivity contribution in [1.82, 2.24) is 20.2 Å². The Morgan fingerprint density at radius 1 is 1.14 bits per heavy atom. The number of benzene rings is 1. The van der Waals surface area contributed by atoms with Crippen LogP contribution in [0.2, 0.25) is 0 Å². The molecule has 154 valence electrons. The molecule has 0 aliphatic carbocycles. The van der Waals surface area contributed by atoms with Crippen LogP contribution >= 0.6 is 0 Å². The molecule has 0 radical (unpaired) electrons. The number of para-hydroxylation sites is 2. The summed E-state index contributed by atoms with van der Waals surface area (Å²) in [5.74, 6) is 0.870. The van der Waals surface area contributed by atoms with E-state index in [-0.39, 0.29) is 24.3 Å². The molecule has 0 saturated carbocycles. The number of carbonyl (C=O) groups is 2. The predicted molar refractivity (Wildman–Crippen MR) is 110 cm³/mol. The van der Waals surface area contributed by atoms with Crippen molar-refractivity contribution >= 4 is 22.8 Å². The second-order valence-corrected chi connectivity index (χ2v) is 7.05. The normalized spacial score (nSPS) is 11.1. The molecular weight excluding hydrogens is 356 g/mol. The lowest BCUT2D eigenvalue weighted by Gasteiger charge is -2.11. The summed E-state index contributed by atoms with van der Waals surface area (Å²) < 4.78 is 7.26. The fourth-order valence-electron chi connectivity index (χ4n) is 2.90. The highest BCUT2D eigenvalue weighted by atomic mass is 16.5. The highest BCUT2D eigenvalue weighted by molar-refractivity contribution is 5.81. The van der Waals surface area contributed by atoms with Crippen molar-refractivity contribution in [3.05, 3.63) is 30.1 Å². The fourth-order valence-corrected chi connectivity index (χ4v) is 2.90. The molecule has 2 N–H and O–H groups in total. The average molecular weight is 389 g/mol. The Morgan fingerprint density at radius 3 is 2.64 bits per heavy atom. The summed E-state index contributed by atoms with van der Waals surface area (Å²) in [6.45, 7) is 8.49. The Hall–Kier alpha value is -2.41. The molecule has 0 bridgehead atoms. The van der Waals surface area contributed by atoms with Crippen LogP contribution in [0.5, 0.6) is 0 Å². The van der Waals surface area contributed by atoms with Crippen molar-refractivity contribution in [2.75, 3.05) is 26.3 Å². The number of fused-ring (bicyclic) bond motifs is 1. The van der Waals surface area contributed by atoms with Crippen LogP contribution < -0.4 is 10.6 Å². The number of carbonyl (C=O) groups excluding carboxylic acids is 2. The van der Waals surface area contributed by atoms with Gasteiger partial charge in [0.25, 0.3) is 0 Å². The van der Waals surface area contributed by atoms with E-state index in [1.807, 2.05) is 49.6 Å². The monoisotopic (exact) mass is 388 g/mol. The van der Waals surface area contributed by atoms with Crippen LogP contribution in [0.15, 0.2) is 24.3 Å². The van der Waals surface area contributed by atoms with Crippen molar-refractivity contribution in [2.45, 2.75) is 46.6 Å². The third-order valence-electron chi connectivity index (χ3n) is 4.43. The highest BCUT2D eigenvalue weighted by Gasteiger charge is 2.13. The molecule has 1 aromatic heterocycles. The van der Waals surface area contributed by atoms with Crippen molar-refractivity contribution in [3.8, 4) is 0 Å². The molecule has 2 aromatic rings. The molecule has 0 spiro atoms. The van der Waals surface area contributed by atoms with Gasteiger partial charge in [-0.25, -0.2) is 4.98 Å². The first kappa shape index (κ1) is 21.9. The second kappa shape index (κ2) is 11.4. The van der Waals surface area contributed by atoms with Gasteiger partial charge in [-0.3, -0.25) is 9.59 Å². The van der Waals surface area contributed by atoms with Gasteiger partial charge in [-0.1, -0.05) is 26.0 Å². The molecule has 0 atom stereocenters. The zero-order valence-electron chi connectivity index (χ0n) is 17.2. The van der Waals surface area contributed by atoms with Crippen molar-refractivity contribution < 1.29 is 14.3 Å². The maximum absolute atomic E-state index is 12.4. The van der Waals surface area contributed by atoms with Gasteiger partial charge in [-0.05, 0) is 31.9 Å². The molecular formula is C21H32N4O3. The summed E-state index contributed by atoms with van der Waals surface area (Å²) in [5.41, 5.74) is 1.83. The molecule has 28 heavy (non-hydrogen) atoms. The van der Waals surface area contributed by atoms with E-state index >= 15 is 0 Å². The summed E-state index contributed by atoms with van der Waals surface area (Å²) in [5, 5.41) is 5.87. The van der Waals surface area contributed by atoms with Crippen LogP contribution in [0.25, 0.3) is 11.0 Å². The Labute approximate surface area is 166 Å². The number of hydrogen-bond donors (Lipinski definition) is 2. The maximum atomic E-state index is 12.4. The standard InChI is InChI=1S/C21H32N4O3/c1-4-28-14-8-13-22-20(26)15-25-18-10-6-5-9-17(18)24-19(25)11-7-12-23-21(27)16(2)3/h5-6,9-10,16H,4,7-8,11-15H2,1-3H3,(H,22,26)(H,23,27). The average Bonchev–Trinajstić information content (AvgIpc) is 3.02. The van der Waals surface area contributed by atoms with Gasteiger partial charge in [-0.15, -0.1) is 0 Å². The molecule has 0 unspecified atom stereocenters. The smallest absolute Gasteiger partial charge is 0.240 e. The molecule has 2 rings (SSSR count). The lowest BCUT2D eigenvalue weighted by molar-refractivity contribution is -0.124. The summed E-state index contributed by atoms with van der Waals surface area (Å²) in [6, 6.07) is 7.83. The molecule has 1 aromatic carbocycles. The number of amides is 2. The lowest BCUT2D eigenvalue weighted by Crippen LogP contribution is -2.30. The van der Waals surface area contributed by atoms with Gasteiger partial charge in [0.05, 0.1) is 11.0 Å². The molecule has 2 amide bonds. The van der Waals surface area contributed by atoms with Crippen LogP contribution in [0.4, 0.5) is 0 Å². The fraction of sp³-hybridized carbons (Fsp3) is 0.571. The van der Waals surface area contributed by atoms with Crippen molar-refractivity contribution in [2.24, 2.45) is 5.92 Å². The maximum Gasteiger partial charge on any atom is 0.240 e. The Morgan fingerprint density at radius 2 is 1.89 bits per heavy atom. The van der Waals surface area contributed by atoms with Gasteiger partial charge in [0.1, 0.15) is 12.4 Å². The minimum atomic E-state index is -0.0333. The van der Waals surface area contributed by atoms with Gasteiger partial charge >= 0.3 is 0 Å².